The van der Waals surface area contributed by atoms with Gasteiger partial charge in [0.2, 0.25) is 5.75 Å². The van der Waals surface area contributed by atoms with Crippen LogP contribution in [-0.4, -0.2) is 26.6 Å². The van der Waals surface area contributed by atoms with Gasteiger partial charge in [0, 0.05) is 29.9 Å². The highest BCUT2D eigenvalue weighted by Gasteiger charge is 2.49. The van der Waals surface area contributed by atoms with E-state index in [4.69, 9.17) is 17.0 Å². The Labute approximate surface area is 162 Å². The summed E-state index contributed by atoms with van der Waals surface area (Å²) in [6.45, 7) is 4.00. The van der Waals surface area contributed by atoms with Gasteiger partial charge in [-0.25, -0.2) is 4.39 Å². The van der Waals surface area contributed by atoms with Gasteiger partial charge in [0.1, 0.15) is 5.82 Å². The van der Waals surface area contributed by atoms with E-state index >= 15 is 0 Å². The van der Waals surface area contributed by atoms with Crippen molar-refractivity contribution in [1.29, 1.82) is 0 Å². The highest BCUT2D eigenvalue weighted by atomic mass is 32.1. The van der Waals surface area contributed by atoms with Crippen molar-refractivity contribution in [1.82, 2.24) is 10.6 Å². The van der Waals surface area contributed by atoms with E-state index in [0.29, 0.717) is 29.1 Å². The molecule has 1 spiro atoms. The molecule has 0 amide bonds. The molecule has 0 aromatic heterocycles. The fourth-order valence-corrected chi connectivity index (χ4v) is 4.66. The predicted octanol–water partition coefficient (Wildman–Crippen LogP) is 3.49. The Morgan fingerprint density at radius 1 is 1.11 bits per heavy atom. The first-order valence-corrected chi connectivity index (χ1v) is 9.19. The fraction of sp³-hybridized carbons (Fsp3) is 0.350. The first kappa shape index (κ1) is 17.9. The van der Waals surface area contributed by atoms with Crippen LogP contribution < -0.4 is 15.4 Å². The molecule has 4 rings (SSSR count). The van der Waals surface area contributed by atoms with Crippen molar-refractivity contribution < 1.29 is 19.3 Å². The number of aromatic hydroxyl groups is 2. The van der Waals surface area contributed by atoms with Crippen LogP contribution in [0.5, 0.6) is 17.2 Å². The van der Waals surface area contributed by atoms with Crippen molar-refractivity contribution in [3.63, 3.8) is 0 Å². The zero-order valence-corrected chi connectivity index (χ0v) is 15.9. The van der Waals surface area contributed by atoms with E-state index in [-0.39, 0.29) is 34.5 Å². The van der Waals surface area contributed by atoms with Gasteiger partial charge >= 0.3 is 0 Å². The number of halogens is 1. The first-order chi connectivity index (χ1) is 12.7. The third-order valence-corrected chi connectivity index (χ3v) is 5.35. The molecule has 2 aliphatic rings. The molecule has 2 atom stereocenters. The number of thiocarbonyl (C=S) groups is 1. The molecule has 0 unspecified atom stereocenters. The molecule has 2 aromatic rings. The molecule has 2 heterocycles. The molecule has 0 saturated carbocycles. The monoisotopic (exact) mass is 388 g/mol. The number of ether oxygens (including phenoxy) is 1. The van der Waals surface area contributed by atoms with Crippen LogP contribution >= 0.6 is 12.2 Å². The summed E-state index contributed by atoms with van der Waals surface area (Å²) < 4.78 is 20.8. The molecular formula is C20H21FN2O3S. The van der Waals surface area contributed by atoms with E-state index in [1.807, 2.05) is 13.8 Å². The molecule has 2 aromatic carbocycles. The van der Waals surface area contributed by atoms with Crippen molar-refractivity contribution in [2.45, 2.75) is 43.9 Å². The third kappa shape index (κ3) is 3.06. The van der Waals surface area contributed by atoms with Crippen molar-refractivity contribution in [2.24, 2.45) is 0 Å². The van der Waals surface area contributed by atoms with Gasteiger partial charge in [-0.2, -0.15) is 0 Å². The van der Waals surface area contributed by atoms with Gasteiger partial charge in [-0.3, -0.25) is 0 Å². The van der Waals surface area contributed by atoms with Gasteiger partial charge in [0.15, 0.2) is 22.3 Å². The lowest BCUT2D eigenvalue weighted by Gasteiger charge is -2.50. The van der Waals surface area contributed by atoms with Crippen molar-refractivity contribution >= 4 is 17.3 Å². The summed E-state index contributed by atoms with van der Waals surface area (Å²) in [5.74, 6) is -1.17. The number of phenols is 2. The lowest BCUT2D eigenvalue weighted by Crippen LogP contribution is -2.69. The Hall–Kier alpha value is -2.54. The van der Waals surface area contributed by atoms with Crippen LogP contribution in [0.3, 0.4) is 0 Å². The maximum Gasteiger partial charge on any atom is 0.200 e. The minimum absolute atomic E-state index is 0.155. The normalized spacial score (nSPS) is 25.9. The Morgan fingerprint density at radius 3 is 2.56 bits per heavy atom. The zero-order valence-electron chi connectivity index (χ0n) is 15.0. The van der Waals surface area contributed by atoms with Gasteiger partial charge in [0.05, 0.1) is 0 Å². The Bertz CT molecular complexity index is 933. The van der Waals surface area contributed by atoms with Gasteiger partial charge < -0.3 is 25.6 Å². The summed E-state index contributed by atoms with van der Waals surface area (Å²) in [6.07, 6.45) is 0.954. The van der Waals surface area contributed by atoms with Crippen molar-refractivity contribution in [3.8, 4) is 17.2 Å². The van der Waals surface area contributed by atoms with E-state index in [1.165, 1.54) is 12.1 Å². The smallest absolute Gasteiger partial charge is 0.200 e. The molecule has 0 radical (unpaired) electrons. The Morgan fingerprint density at radius 2 is 1.85 bits per heavy atom. The maximum atomic E-state index is 14.6. The van der Waals surface area contributed by atoms with Crippen LogP contribution in [-0.2, 0) is 0 Å². The summed E-state index contributed by atoms with van der Waals surface area (Å²) >= 11 is 5.36. The minimum Gasteiger partial charge on any atom is -0.504 e. The SMILES string of the molecule is CC1(C)C[C@]2(C[C@H](c3ccccc3F)c3ccc(O)c(O)c3O2)NC(=S)N1. The topological polar surface area (TPSA) is 73.8 Å². The second-order valence-electron chi connectivity index (χ2n) is 7.87. The highest BCUT2D eigenvalue weighted by molar-refractivity contribution is 7.80. The van der Waals surface area contributed by atoms with Crippen molar-refractivity contribution in [2.75, 3.05) is 0 Å². The van der Waals surface area contributed by atoms with E-state index < -0.39 is 5.72 Å². The largest absolute Gasteiger partial charge is 0.504 e. The van der Waals surface area contributed by atoms with Crippen LogP contribution in [0.2, 0.25) is 0 Å². The molecule has 7 heteroatoms. The van der Waals surface area contributed by atoms with Gasteiger partial charge in [-0.15, -0.1) is 0 Å². The van der Waals surface area contributed by atoms with Crippen LogP contribution in [0.25, 0.3) is 0 Å². The molecule has 4 N–H and O–H groups in total. The molecule has 5 nitrogen and oxygen atoms in total. The van der Waals surface area contributed by atoms with E-state index in [0.717, 1.165) is 0 Å². The number of hydrogen-bond acceptors (Lipinski definition) is 4. The van der Waals surface area contributed by atoms with Gasteiger partial charge in [0.25, 0.3) is 0 Å². The second kappa shape index (κ2) is 5.99. The summed E-state index contributed by atoms with van der Waals surface area (Å²) in [6, 6.07) is 9.64. The summed E-state index contributed by atoms with van der Waals surface area (Å²) in [7, 11) is 0. The average Bonchev–Trinajstić information content (AvgIpc) is 2.56. The molecule has 1 fully saturated rings. The molecule has 0 aliphatic carbocycles. The number of benzene rings is 2. The predicted molar refractivity (Wildman–Crippen MR) is 104 cm³/mol. The van der Waals surface area contributed by atoms with Gasteiger partial charge in [-0.05, 0) is 43.8 Å². The molecule has 27 heavy (non-hydrogen) atoms. The van der Waals surface area contributed by atoms with E-state index in [9.17, 15) is 14.6 Å². The molecular weight excluding hydrogens is 367 g/mol. The van der Waals surface area contributed by atoms with Crippen LogP contribution in [0.4, 0.5) is 4.39 Å². The standard InChI is InChI=1S/C20H21FN2O3S/c1-19(2)10-20(23-18(27)22-19)9-13(11-5-3-4-6-14(11)21)12-7-8-15(24)16(25)17(12)26-20/h3-8,13,24-25H,9-10H2,1-2H3,(H2,22,23,27)/t13-,20-/m1/s1. The molecule has 1 saturated heterocycles. The third-order valence-electron chi connectivity index (χ3n) is 5.15. The number of nitrogens with one attached hydrogen (secondary N) is 2. The lowest BCUT2D eigenvalue weighted by atomic mass is 9.77. The molecule has 0 bridgehead atoms. The van der Waals surface area contributed by atoms with Crippen LogP contribution in [0, 0.1) is 5.82 Å². The maximum absolute atomic E-state index is 14.6. The summed E-state index contributed by atoms with van der Waals surface area (Å²) in [4.78, 5) is 0. The summed E-state index contributed by atoms with van der Waals surface area (Å²) in [5, 5.41) is 27.2. The quantitative estimate of drug-likeness (QED) is 0.443. The number of hydrogen-bond donors (Lipinski definition) is 4. The average molecular weight is 388 g/mol. The number of fused-ring (bicyclic) bond motifs is 1. The Kier molecular flexibility index (Phi) is 3.96. The minimum atomic E-state index is -0.933. The van der Waals surface area contributed by atoms with Crippen LogP contribution in [0.15, 0.2) is 36.4 Å². The van der Waals surface area contributed by atoms with Gasteiger partial charge in [-0.1, -0.05) is 24.3 Å². The highest BCUT2D eigenvalue weighted by Crippen LogP contribution is 2.52. The van der Waals surface area contributed by atoms with E-state index in [2.05, 4.69) is 10.6 Å². The van der Waals surface area contributed by atoms with Crippen molar-refractivity contribution in [3.05, 3.63) is 53.3 Å². The molecule has 142 valence electrons. The number of phenolic OH excluding ortho intramolecular Hbond substituents is 2. The zero-order chi connectivity index (χ0) is 19.4. The van der Waals surface area contributed by atoms with Crippen LogP contribution in [0.1, 0.15) is 43.7 Å². The van der Waals surface area contributed by atoms with E-state index in [1.54, 1.807) is 24.3 Å². The first-order valence-electron chi connectivity index (χ1n) is 8.78. The lowest BCUT2D eigenvalue weighted by molar-refractivity contribution is -0.0152. The fourth-order valence-electron chi connectivity index (χ4n) is 4.20. The Balaban J connectivity index is 1.89. The number of rotatable bonds is 1. The summed E-state index contributed by atoms with van der Waals surface area (Å²) in [5.41, 5.74) is -0.149. The molecule has 2 aliphatic heterocycles. The second-order valence-corrected chi connectivity index (χ2v) is 8.27.